The Hall–Kier alpha value is -2.64. The van der Waals surface area contributed by atoms with Gasteiger partial charge < -0.3 is 15.3 Å². The van der Waals surface area contributed by atoms with E-state index < -0.39 is 17.8 Å². The summed E-state index contributed by atoms with van der Waals surface area (Å²) < 4.78 is 40.3. The summed E-state index contributed by atoms with van der Waals surface area (Å²) in [7, 11) is 0. The van der Waals surface area contributed by atoms with Crippen LogP contribution in [0.15, 0.2) is 42.5 Å². The molecule has 0 aliphatic rings. The number of benzene rings is 2. The highest BCUT2D eigenvalue weighted by Crippen LogP contribution is 2.37. The number of H-pyrrole nitrogens is 2. The van der Waals surface area contributed by atoms with Crippen molar-refractivity contribution in [3.63, 3.8) is 0 Å². The lowest BCUT2D eigenvalue weighted by atomic mass is 10.1. The number of rotatable bonds is 4. The second kappa shape index (κ2) is 7.31. The van der Waals surface area contributed by atoms with Crippen LogP contribution in [0.25, 0.3) is 21.8 Å². The number of nitrogens with one attached hydrogen (secondary N) is 3. The third kappa shape index (κ3) is 3.80. The highest BCUT2D eigenvalue weighted by atomic mass is 35.5. The molecule has 2 heterocycles. The summed E-state index contributed by atoms with van der Waals surface area (Å²) in [4.78, 5) is 17.7. The Morgan fingerprint density at radius 3 is 2.62 bits per heavy atom. The van der Waals surface area contributed by atoms with E-state index in [-0.39, 0.29) is 29.1 Å². The summed E-state index contributed by atoms with van der Waals surface area (Å²) in [6, 6.07) is 11.5. The summed E-state index contributed by atoms with van der Waals surface area (Å²) in [6.07, 6.45) is -4.56. The fourth-order valence-corrected chi connectivity index (χ4v) is 3.76. The molecule has 4 nitrogen and oxygen atoms in total. The number of amides is 1. The Balaban J connectivity index is 1.55. The standard InChI is InChI=1S/C20H14Cl2F3N3O/c21-11-4-5-15-10(8-11)9-16(27-15)19(29)26-7-6-13-12-2-1-3-14(22)17(12)28-18(13)20(23,24)25/h1-5,8-9,27-28H,6-7H2,(H,26,29). The summed E-state index contributed by atoms with van der Waals surface area (Å²) in [5, 5.41) is 4.56. The van der Waals surface area contributed by atoms with Crippen LogP contribution < -0.4 is 5.32 Å². The normalized spacial score (nSPS) is 12.0. The second-order valence-corrected chi connectivity index (χ2v) is 7.40. The molecule has 0 fully saturated rings. The molecule has 0 saturated heterocycles. The van der Waals surface area contributed by atoms with E-state index in [2.05, 4.69) is 15.3 Å². The zero-order valence-electron chi connectivity index (χ0n) is 14.8. The first-order chi connectivity index (χ1) is 13.7. The molecular formula is C20H14Cl2F3N3O. The molecule has 29 heavy (non-hydrogen) atoms. The zero-order valence-corrected chi connectivity index (χ0v) is 16.3. The van der Waals surface area contributed by atoms with Gasteiger partial charge in [0.25, 0.3) is 5.91 Å². The van der Waals surface area contributed by atoms with Gasteiger partial charge in [0.15, 0.2) is 0 Å². The lowest BCUT2D eigenvalue weighted by molar-refractivity contribution is -0.141. The van der Waals surface area contributed by atoms with Gasteiger partial charge in [0.1, 0.15) is 11.4 Å². The quantitative estimate of drug-likeness (QED) is 0.361. The number of aromatic nitrogens is 2. The largest absolute Gasteiger partial charge is 0.431 e. The Morgan fingerprint density at radius 2 is 1.86 bits per heavy atom. The van der Waals surface area contributed by atoms with Crippen molar-refractivity contribution in [3.05, 3.63) is 69.5 Å². The lowest BCUT2D eigenvalue weighted by Gasteiger charge is -2.09. The van der Waals surface area contributed by atoms with Crippen molar-refractivity contribution in [3.8, 4) is 0 Å². The zero-order chi connectivity index (χ0) is 20.8. The maximum absolute atomic E-state index is 13.4. The third-order valence-electron chi connectivity index (χ3n) is 4.66. The third-order valence-corrected chi connectivity index (χ3v) is 5.21. The average molecular weight is 440 g/mol. The Bertz CT molecular complexity index is 1230. The van der Waals surface area contributed by atoms with Crippen LogP contribution in [0.1, 0.15) is 21.7 Å². The van der Waals surface area contributed by atoms with E-state index in [0.717, 1.165) is 10.9 Å². The number of para-hydroxylation sites is 1. The van der Waals surface area contributed by atoms with Gasteiger partial charge in [-0.2, -0.15) is 13.2 Å². The van der Waals surface area contributed by atoms with Gasteiger partial charge in [-0.3, -0.25) is 4.79 Å². The van der Waals surface area contributed by atoms with E-state index in [9.17, 15) is 18.0 Å². The second-order valence-electron chi connectivity index (χ2n) is 6.56. The number of aromatic amines is 2. The molecule has 0 radical (unpaired) electrons. The minimum Gasteiger partial charge on any atom is -0.351 e. The van der Waals surface area contributed by atoms with Crippen molar-refractivity contribution in [2.75, 3.05) is 6.54 Å². The van der Waals surface area contributed by atoms with Crippen molar-refractivity contribution in [2.45, 2.75) is 12.6 Å². The van der Waals surface area contributed by atoms with Crippen molar-refractivity contribution in [1.82, 2.24) is 15.3 Å². The van der Waals surface area contributed by atoms with Crippen LogP contribution in [0.3, 0.4) is 0 Å². The minimum absolute atomic E-state index is 0.00696. The predicted molar refractivity (Wildman–Crippen MR) is 108 cm³/mol. The van der Waals surface area contributed by atoms with Gasteiger partial charge in [-0.05, 0) is 42.3 Å². The van der Waals surface area contributed by atoms with Crippen LogP contribution in [-0.4, -0.2) is 22.4 Å². The molecule has 0 unspecified atom stereocenters. The summed E-state index contributed by atoms with van der Waals surface area (Å²) in [5.41, 5.74) is 0.495. The SMILES string of the molecule is O=C(NCCc1c(C(F)(F)F)[nH]c2c(Cl)cccc12)c1cc2cc(Cl)ccc2[nH]1. The molecule has 2 aromatic carbocycles. The van der Waals surface area contributed by atoms with Gasteiger partial charge in [-0.25, -0.2) is 0 Å². The Morgan fingerprint density at radius 1 is 1.07 bits per heavy atom. The molecule has 0 saturated carbocycles. The molecule has 0 spiro atoms. The summed E-state index contributed by atoms with van der Waals surface area (Å²) in [5.74, 6) is -0.413. The predicted octanol–water partition coefficient (Wildman–Crippen LogP) is 5.95. The van der Waals surface area contributed by atoms with E-state index in [1.807, 2.05) is 0 Å². The minimum atomic E-state index is -4.56. The van der Waals surface area contributed by atoms with Crippen LogP contribution in [-0.2, 0) is 12.6 Å². The maximum atomic E-state index is 13.4. The van der Waals surface area contributed by atoms with E-state index in [1.165, 1.54) is 6.07 Å². The highest BCUT2D eigenvalue weighted by Gasteiger charge is 2.36. The van der Waals surface area contributed by atoms with Crippen molar-refractivity contribution < 1.29 is 18.0 Å². The van der Waals surface area contributed by atoms with Crippen LogP contribution in [0, 0.1) is 0 Å². The van der Waals surface area contributed by atoms with Crippen molar-refractivity contribution in [1.29, 1.82) is 0 Å². The molecule has 0 atom stereocenters. The summed E-state index contributed by atoms with van der Waals surface area (Å²) in [6.45, 7) is 0.0253. The van der Waals surface area contributed by atoms with Crippen LogP contribution in [0.2, 0.25) is 10.0 Å². The number of hydrogen-bond donors (Lipinski definition) is 3. The van der Waals surface area contributed by atoms with E-state index in [0.29, 0.717) is 16.1 Å². The number of alkyl halides is 3. The first kappa shape index (κ1) is 19.7. The van der Waals surface area contributed by atoms with Gasteiger partial charge in [-0.1, -0.05) is 35.3 Å². The molecule has 2 aromatic heterocycles. The molecule has 0 aliphatic carbocycles. The fourth-order valence-electron chi connectivity index (χ4n) is 3.36. The highest BCUT2D eigenvalue weighted by molar-refractivity contribution is 6.35. The van der Waals surface area contributed by atoms with Gasteiger partial charge in [0.05, 0.1) is 10.5 Å². The van der Waals surface area contributed by atoms with Crippen molar-refractivity contribution in [2.24, 2.45) is 0 Å². The van der Waals surface area contributed by atoms with Crippen molar-refractivity contribution >= 4 is 50.9 Å². The molecule has 4 rings (SSSR count). The number of carbonyl (C=O) groups is 1. The first-order valence-electron chi connectivity index (χ1n) is 8.67. The average Bonchev–Trinajstić information content (AvgIpc) is 3.23. The van der Waals surface area contributed by atoms with Gasteiger partial charge in [0, 0.05) is 27.9 Å². The number of carbonyl (C=O) groups excluding carboxylic acids is 1. The molecule has 0 bridgehead atoms. The Labute approximate surface area is 173 Å². The molecule has 3 N–H and O–H groups in total. The lowest BCUT2D eigenvalue weighted by Crippen LogP contribution is -2.26. The monoisotopic (exact) mass is 439 g/mol. The van der Waals surface area contributed by atoms with E-state index in [4.69, 9.17) is 23.2 Å². The smallest absolute Gasteiger partial charge is 0.351 e. The molecule has 1 amide bonds. The van der Waals surface area contributed by atoms with Crippen LogP contribution in [0.5, 0.6) is 0 Å². The molecule has 9 heteroatoms. The van der Waals surface area contributed by atoms with Gasteiger partial charge >= 0.3 is 6.18 Å². The molecular weight excluding hydrogens is 426 g/mol. The summed E-state index contributed by atoms with van der Waals surface area (Å²) >= 11 is 12.0. The molecule has 150 valence electrons. The van der Waals surface area contributed by atoms with E-state index >= 15 is 0 Å². The van der Waals surface area contributed by atoms with E-state index in [1.54, 1.807) is 36.4 Å². The number of halogens is 5. The van der Waals surface area contributed by atoms with Gasteiger partial charge in [-0.15, -0.1) is 0 Å². The Kier molecular flexibility index (Phi) is 4.96. The molecule has 0 aliphatic heterocycles. The van der Waals surface area contributed by atoms with Crippen LogP contribution in [0.4, 0.5) is 13.2 Å². The van der Waals surface area contributed by atoms with Crippen LogP contribution >= 0.6 is 23.2 Å². The molecule has 4 aromatic rings. The van der Waals surface area contributed by atoms with Gasteiger partial charge in [0.2, 0.25) is 0 Å². The topological polar surface area (TPSA) is 60.7 Å². The fraction of sp³-hybridized carbons (Fsp3) is 0.150. The number of hydrogen-bond acceptors (Lipinski definition) is 1. The first-order valence-corrected chi connectivity index (χ1v) is 9.42. The maximum Gasteiger partial charge on any atom is 0.431 e. The number of fused-ring (bicyclic) bond motifs is 2.